The van der Waals surface area contributed by atoms with Crippen LogP contribution in [0.5, 0.6) is 0 Å². The first-order chi connectivity index (χ1) is 9.86. The molecule has 0 unspecified atom stereocenters. The molecule has 0 spiro atoms. The van der Waals surface area contributed by atoms with Crippen molar-refractivity contribution in [2.24, 2.45) is 0 Å². The van der Waals surface area contributed by atoms with E-state index in [9.17, 15) is 5.26 Å². The van der Waals surface area contributed by atoms with Gasteiger partial charge in [-0.25, -0.2) is 4.98 Å². The monoisotopic (exact) mass is 278 g/mol. The van der Waals surface area contributed by atoms with Gasteiger partial charge >= 0.3 is 0 Å². The van der Waals surface area contributed by atoms with Gasteiger partial charge in [0, 0.05) is 5.38 Å². The minimum atomic E-state index is 0.555. The molecule has 1 aromatic carbocycles. The summed E-state index contributed by atoms with van der Waals surface area (Å²) in [7, 11) is 0. The van der Waals surface area contributed by atoms with Crippen molar-refractivity contribution < 1.29 is 4.42 Å². The van der Waals surface area contributed by atoms with Crippen molar-refractivity contribution >= 4 is 23.0 Å². The molecule has 0 saturated carbocycles. The molecule has 0 aliphatic carbocycles. The van der Waals surface area contributed by atoms with Crippen LogP contribution < -0.4 is 0 Å². The highest BCUT2D eigenvalue weighted by Crippen LogP contribution is 2.27. The molecular weight excluding hydrogens is 268 g/mol. The van der Waals surface area contributed by atoms with Crippen molar-refractivity contribution in [2.45, 2.75) is 0 Å². The average Bonchev–Trinajstić information content (AvgIpc) is 3.16. The summed E-state index contributed by atoms with van der Waals surface area (Å²) in [4.78, 5) is 4.45. The molecule has 0 saturated heterocycles. The van der Waals surface area contributed by atoms with Crippen LogP contribution in [0.15, 0.2) is 58.5 Å². The van der Waals surface area contributed by atoms with Crippen LogP contribution in [0.4, 0.5) is 0 Å². The smallest absolute Gasteiger partial charge is 0.153 e. The average molecular weight is 278 g/mol. The van der Waals surface area contributed by atoms with E-state index in [2.05, 4.69) is 11.1 Å². The van der Waals surface area contributed by atoms with Gasteiger partial charge in [-0.3, -0.25) is 0 Å². The molecule has 0 aliphatic heterocycles. The first-order valence-corrected chi connectivity index (χ1v) is 6.91. The van der Waals surface area contributed by atoms with Gasteiger partial charge in [-0.05, 0) is 23.8 Å². The third-order valence-electron chi connectivity index (χ3n) is 2.74. The predicted octanol–water partition coefficient (Wildman–Crippen LogP) is 4.47. The Balaban J connectivity index is 1.95. The fraction of sp³-hybridized carbons (Fsp3) is 0. The molecule has 20 heavy (non-hydrogen) atoms. The van der Waals surface area contributed by atoms with Crippen LogP contribution in [0.25, 0.3) is 23.1 Å². The summed E-state index contributed by atoms with van der Waals surface area (Å²) in [6.07, 6.45) is 3.45. The van der Waals surface area contributed by atoms with Crippen LogP contribution in [0.3, 0.4) is 0 Å². The van der Waals surface area contributed by atoms with Gasteiger partial charge in [0.15, 0.2) is 5.76 Å². The van der Waals surface area contributed by atoms with E-state index in [0.717, 1.165) is 11.3 Å². The first-order valence-electron chi connectivity index (χ1n) is 6.03. The molecule has 96 valence electrons. The summed E-state index contributed by atoms with van der Waals surface area (Å²) in [6, 6.07) is 15.6. The summed E-state index contributed by atoms with van der Waals surface area (Å²) >= 11 is 1.44. The lowest BCUT2D eigenvalue weighted by molar-refractivity contribution is 0.580. The van der Waals surface area contributed by atoms with Crippen LogP contribution in [-0.2, 0) is 0 Å². The molecule has 2 heterocycles. The van der Waals surface area contributed by atoms with Crippen molar-refractivity contribution in [1.29, 1.82) is 5.26 Å². The Kier molecular flexibility index (Phi) is 3.44. The second-order valence-corrected chi connectivity index (χ2v) is 4.95. The largest absolute Gasteiger partial charge is 0.463 e. The number of allylic oxidation sites excluding steroid dienone is 1. The molecule has 0 bridgehead atoms. The number of hydrogen-bond acceptors (Lipinski definition) is 4. The Labute approximate surface area is 120 Å². The van der Waals surface area contributed by atoms with Crippen molar-refractivity contribution in [1.82, 2.24) is 4.98 Å². The van der Waals surface area contributed by atoms with E-state index in [1.54, 1.807) is 6.26 Å². The van der Waals surface area contributed by atoms with Crippen LogP contribution in [0.1, 0.15) is 10.6 Å². The van der Waals surface area contributed by atoms with Gasteiger partial charge in [0.2, 0.25) is 0 Å². The van der Waals surface area contributed by atoms with Crippen LogP contribution >= 0.6 is 11.3 Å². The lowest BCUT2D eigenvalue weighted by Crippen LogP contribution is -1.81. The molecule has 0 fully saturated rings. The Morgan fingerprint density at radius 3 is 2.75 bits per heavy atom. The van der Waals surface area contributed by atoms with E-state index in [4.69, 9.17) is 4.42 Å². The first kappa shape index (κ1) is 12.4. The number of thiazole rings is 1. The number of hydrogen-bond donors (Lipinski definition) is 0. The SMILES string of the molecule is N#C/C(=C\c1ccccc1)c1nc(-c2ccco2)cs1. The normalized spacial score (nSPS) is 11.2. The van der Waals surface area contributed by atoms with E-state index >= 15 is 0 Å². The number of aromatic nitrogens is 1. The minimum absolute atomic E-state index is 0.555. The van der Waals surface area contributed by atoms with Crippen LogP contribution in [0, 0.1) is 11.3 Å². The molecule has 3 nitrogen and oxygen atoms in total. The summed E-state index contributed by atoms with van der Waals surface area (Å²) in [6.45, 7) is 0. The van der Waals surface area contributed by atoms with Crippen molar-refractivity contribution in [2.75, 3.05) is 0 Å². The zero-order valence-electron chi connectivity index (χ0n) is 10.5. The summed E-state index contributed by atoms with van der Waals surface area (Å²) in [5.41, 5.74) is 2.29. The highest BCUT2D eigenvalue weighted by molar-refractivity contribution is 7.11. The molecule has 0 N–H and O–H groups in total. The third-order valence-corrected chi connectivity index (χ3v) is 3.61. The zero-order chi connectivity index (χ0) is 13.8. The van der Waals surface area contributed by atoms with E-state index in [1.165, 1.54) is 11.3 Å². The molecule has 0 atom stereocenters. The van der Waals surface area contributed by atoms with Gasteiger partial charge in [-0.15, -0.1) is 11.3 Å². The Bertz CT molecular complexity index is 764. The highest BCUT2D eigenvalue weighted by Gasteiger charge is 2.10. The quantitative estimate of drug-likeness (QED) is 0.664. The van der Waals surface area contributed by atoms with Gasteiger partial charge < -0.3 is 4.42 Å². The van der Waals surface area contributed by atoms with Gasteiger partial charge in [-0.2, -0.15) is 5.26 Å². The summed E-state index contributed by atoms with van der Waals surface area (Å²) in [5.74, 6) is 0.713. The lowest BCUT2D eigenvalue weighted by atomic mass is 10.1. The van der Waals surface area contributed by atoms with E-state index in [1.807, 2.05) is 53.9 Å². The Hall–Kier alpha value is -2.64. The molecule has 0 amide bonds. The number of nitrogens with zero attached hydrogens (tertiary/aromatic N) is 2. The molecule has 3 aromatic rings. The lowest BCUT2D eigenvalue weighted by Gasteiger charge is -1.94. The van der Waals surface area contributed by atoms with Crippen LogP contribution in [-0.4, -0.2) is 4.98 Å². The fourth-order valence-corrected chi connectivity index (χ4v) is 2.57. The second kappa shape index (κ2) is 5.55. The minimum Gasteiger partial charge on any atom is -0.463 e. The maximum absolute atomic E-state index is 9.31. The molecule has 0 aliphatic rings. The molecule has 0 radical (unpaired) electrons. The van der Waals surface area contributed by atoms with E-state index in [0.29, 0.717) is 16.3 Å². The molecule has 4 heteroatoms. The van der Waals surface area contributed by atoms with E-state index in [-0.39, 0.29) is 0 Å². The predicted molar refractivity (Wildman–Crippen MR) is 79.7 cm³/mol. The third kappa shape index (κ3) is 2.53. The number of rotatable bonds is 3. The maximum Gasteiger partial charge on any atom is 0.153 e. The van der Waals surface area contributed by atoms with Crippen LogP contribution in [0.2, 0.25) is 0 Å². The van der Waals surface area contributed by atoms with Gasteiger partial charge in [0.25, 0.3) is 0 Å². The van der Waals surface area contributed by atoms with Crippen molar-refractivity contribution in [3.63, 3.8) is 0 Å². The number of nitriles is 1. The molecular formula is C16H10N2OS. The maximum atomic E-state index is 9.31. The number of benzene rings is 1. The Morgan fingerprint density at radius 2 is 2.05 bits per heavy atom. The fourth-order valence-electron chi connectivity index (χ4n) is 1.79. The van der Waals surface area contributed by atoms with Crippen molar-refractivity contribution in [3.8, 4) is 17.5 Å². The zero-order valence-corrected chi connectivity index (χ0v) is 11.3. The van der Waals surface area contributed by atoms with Gasteiger partial charge in [-0.1, -0.05) is 30.3 Å². The second-order valence-electron chi connectivity index (χ2n) is 4.10. The standard InChI is InChI=1S/C16H10N2OS/c17-10-13(9-12-5-2-1-3-6-12)16-18-14(11-20-16)15-7-4-8-19-15/h1-9,11H/b13-9+. The summed E-state index contributed by atoms with van der Waals surface area (Å²) in [5, 5.41) is 11.9. The topological polar surface area (TPSA) is 49.8 Å². The van der Waals surface area contributed by atoms with Crippen molar-refractivity contribution in [3.05, 3.63) is 64.7 Å². The molecule has 2 aromatic heterocycles. The molecule has 3 rings (SSSR count). The van der Waals surface area contributed by atoms with Gasteiger partial charge in [0.1, 0.15) is 16.8 Å². The van der Waals surface area contributed by atoms with E-state index < -0.39 is 0 Å². The summed E-state index contributed by atoms with van der Waals surface area (Å²) < 4.78 is 5.31. The number of furan rings is 1. The van der Waals surface area contributed by atoms with Gasteiger partial charge in [0.05, 0.1) is 11.8 Å². The Morgan fingerprint density at radius 1 is 1.20 bits per heavy atom. The highest BCUT2D eigenvalue weighted by atomic mass is 32.1.